The molecule has 0 spiro atoms. The molecule has 0 aliphatic heterocycles. The van der Waals surface area contributed by atoms with Crippen molar-refractivity contribution < 1.29 is 14.3 Å². The Kier molecular flexibility index (Phi) is 2.84. The van der Waals surface area contributed by atoms with Crippen molar-refractivity contribution in [1.82, 2.24) is 5.32 Å². The number of nitriles is 1. The third-order valence-corrected chi connectivity index (χ3v) is 0.540. The van der Waals surface area contributed by atoms with Crippen molar-refractivity contribution in [2.45, 2.75) is 0 Å². The van der Waals surface area contributed by atoms with Crippen molar-refractivity contribution in [3.05, 3.63) is 0 Å². The van der Waals surface area contributed by atoms with Gasteiger partial charge in [-0.05, 0) is 0 Å². The van der Waals surface area contributed by atoms with Gasteiger partial charge in [0.1, 0.15) is 0 Å². The van der Waals surface area contributed by atoms with Crippen LogP contribution in [0.5, 0.6) is 0 Å². The van der Waals surface area contributed by atoms with Gasteiger partial charge in [-0.2, -0.15) is 5.26 Å². The van der Waals surface area contributed by atoms with Gasteiger partial charge in [-0.25, -0.2) is 4.79 Å². The van der Waals surface area contributed by atoms with E-state index in [-0.39, 0.29) is 0 Å². The molecular formula is C4H4N2O3. The van der Waals surface area contributed by atoms with Crippen LogP contribution in [-0.2, 0) is 14.3 Å². The smallest absolute Gasteiger partial charge is 0.397 e. The molecule has 0 aliphatic carbocycles. The number of methoxy groups -OCH3 is 1. The fourth-order valence-electron chi connectivity index (χ4n) is 0.195. The molecule has 0 aromatic carbocycles. The first-order valence-corrected chi connectivity index (χ1v) is 1.99. The second-order valence-electron chi connectivity index (χ2n) is 1.06. The van der Waals surface area contributed by atoms with Crippen LogP contribution in [0.1, 0.15) is 0 Å². The first kappa shape index (κ1) is 7.43. The van der Waals surface area contributed by atoms with Crippen LogP contribution in [0.3, 0.4) is 0 Å². The number of nitrogens with one attached hydrogen (secondary N) is 1. The average Bonchev–Trinajstić information content (AvgIpc) is 1.87. The molecular weight excluding hydrogens is 124 g/mol. The summed E-state index contributed by atoms with van der Waals surface area (Å²) < 4.78 is 3.96. The summed E-state index contributed by atoms with van der Waals surface area (Å²) >= 11 is 0. The minimum atomic E-state index is -1.07. The summed E-state index contributed by atoms with van der Waals surface area (Å²) in [7, 11) is 1.05. The van der Waals surface area contributed by atoms with E-state index in [0.29, 0.717) is 0 Å². The highest BCUT2D eigenvalue weighted by Gasteiger charge is 2.11. The van der Waals surface area contributed by atoms with E-state index < -0.39 is 11.9 Å². The fourth-order valence-corrected chi connectivity index (χ4v) is 0.195. The van der Waals surface area contributed by atoms with Crippen LogP contribution in [0.2, 0.25) is 0 Å². The number of amides is 1. The first-order valence-electron chi connectivity index (χ1n) is 1.99. The fraction of sp³-hybridized carbons (Fsp3) is 0.250. The van der Waals surface area contributed by atoms with Crippen molar-refractivity contribution in [2.75, 3.05) is 7.11 Å². The molecule has 0 rings (SSSR count). The molecule has 1 amide bonds. The van der Waals surface area contributed by atoms with Gasteiger partial charge in [-0.3, -0.25) is 10.1 Å². The Morgan fingerprint density at radius 2 is 2.22 bits per heavy atom. The zero-order valence-electron chi connectivity index (χ0n) is 4.67. The van der Waals surface area contributed by atoms with Crippen molar-refractivity contribution in [3.63, 3.8) is 0 Å². The second-order valence-corrected chi connectivity index (χ2v) is 1.06. The molecule has 1 N–H and O–H groups in total. The lowest BCUT2D eigenvalue weighted by Gasteiger charge is -1.91. The summed E-state index contributed by atoms with van der Waals surface area (Å²) in [4.78, 5) is 20.3. The summed E-state index contributed by atoms with van der Waals surface area (Å²) in [5.74, 6) is -2.13. The number of hydrogen-bond acceptors (Lipinski definition) is 4. The zero-order valence-corrected chi connectivity index (χ0v) is 4.67. The first-order chi connectivity index (χ1) is 4.22. The molecule has 0 bridgehead atoms. The molecule has 0 heterocycles. The van der Waals surface area contributed by atoms with Gasteiger partial charge in [0.15, 0.2) is 6.19 Å². The SMILES string of the molecule is COC(=O)C(=O)NC#N. The monoisotopic (exact) mass is 128 g/mol. The van der Waals surface area contributed by atoms with E-state index in [0.717, 1.165) is 7.11 Å². The maximum Gasteiger partial charge on any atom is 0.397 e. The molecule has 5 heteroatoms. The van der Waals surface area contributed by atoms with Crippen molar-refractivity contribution in [1.29, 1.82) is 5.26 Å². The van der Waals surface area contributed by atoms with E-state index >= 15 is 0 Å². The molecule has 0 aromatic heterocycles. The molecule has 48 valence electrons. The van der Waals surface area contributed by atoms with Gasteiger partial charge in [0, 0.05) is 0 Å². The Bertz CT molecular complexity index is 169. The van der Waals surface area contributed by atoms with Crippen LogP contribution in [0.15, 0.2) is 0 Å². The van der Waals surface area contributed by atoms with Crippen LogP contribution in [0.25, 0.3) is 0 Å². The maximum absolute atomic E-state index is 10.2. The highest BCUT2D eigenvalue weighted by Crippen LogP contribution is 1.70. The van der Waals surface area contributed by atoms with Crippen LogP contribution >= 0.6 is 0 Å². The lowest BCUT2D eigenvalue weighted by Crippen LogP contribution is -2.27. The van der Waals surface area contributed by atoms with Crippen LogP contribution in [0.4, 0.5) is 0 Å². The van der Waals surface area contributed by atoms with E-state index in [2.05, 4.69) is 4.74 Å². The Hall–Kier alpha value is -1.57. The highest BCUT2D eigenvalue weighted by atomic mass is 16.5. The number of hydrogen-bond donors (Lipinski definition) is 1. The Morgan fingerprint density at radius 1 is 1.67 bits per heavy atom. The second kappa shape index (κ2) is 3.43. The topological polar surface area (TPSA) is 79.2 Å². The van der Waals surface area contributed by atoms with E-state index in [1.165, 1.54) is 6.19 Å². The molecule has 0 fully saturated rings. The van der Waals surface area contributed by atoms with E-state index in [1.54, 1.807) is 5.32 Å². The summed E-state index contributed by atoms with van der Waals surface area (Å²) in [6, 6.07) is 0. The van der Waals surface area contributed by atoms with Crippen LogP contribution in [-0.4, -0.2) is 19.0 Å². The predicted octanol–water partition coefficient (Wildman–Crippen LogP) is -1.24. The maximum atomic E-state index is 10.2. The van der Waals surface area contributed by atoms with Crippen LogP contribution < -0.4 is 5.32 Å². The van der Waals surface area contributed by atoms with Gasteiger partial charge >= 0.3 is 11.9 Å². The third-order valence-electron chi connectivity index (χ3n) is 0.540. The van der Waals surface area contributed by atoms with Gasteiger partial charge in [0.25, 0.3) is 0 Å². The molecule has 0 unspecified atom stereocenters. The average molecular weight is 128 g/mol. The summed E-state index contributed by atoms with van der Waals surface area (Å²) in [5, 5.41) is 9.38. The lowest BCUT2D eigenvalue weighted by atomic mass is 10.6. The molecule has 0 atom stereocenters. The van der Waals surface area contributed by atoms with Gasteiger partial charge in [0.05, 0.1) is 7.11 Å². The minimum Gasteiger partial charge on any atom is -0.462 e. The van der Waals surface area contributed by atoms with Gasteiger partial charge < -0.3 is 4.74 Å². The summed E-state index contributed by atoms with van der Waals surface area (Å²) in [6.07, 6.45) is 1.28. The Morgan fingerprint density at radius 3 is 2.56 bits per heavy atom. The molecule has 0 saturated carbocycles. The van der Waals surface area contributed by atoms with E-state index in [4.69, 9.17) is 5.26 Å². The number of rotatable bonds is 0. The summed E-state index contributed by atoms with van der Waals surface area (Å²) in [5.41, 5.74) is 0. The number of carbonyl (C=O) groups excluding carboxylic acids is 2. The van der Waals surface area contributed by atoms with Gasteiger partial charge in [-0.15, -0.1) is 0 Å². The van der Waals surface area contributed by atoms with Crippen molar-refractivity contribution in [2.24, 2.45) is 0 Å². The molecule has 5 nitrogen and oxygen atoms in total. The highest BCUT2D eigenvalue weighted by molar-refractivity contribution is 6.32. The molecule has 0 aliphatic rings. The van der Waals surface area contributed by atoms with Crippen molar-refractivity contribution >= 4 is 11.9 Å². The Balaban J connectivity index is 3.77. The quantitative estimate of drug-likeness (QED) is 0.191. The van der Waals surface area contributed by atoms with Gasteiger partial charge in [0.2, 0.25) is 0 Å². The third kappa shape index (κ3) is 2.29. The molecule has 9 heavy (non-hydrogen) atoms. The Labute approximate surface area is 51.2 Å². The number of carbonyl (C=O) groups is 2. The predicted molar refractivity (Wildman–Crippen MR) is 25.8 cm³/mol. The zero-order chi connectivity index (χ0) is 7.28. The number of nitrogens with zero attached hydrogens (tertiary/aromatic N) is 1. The molecule has 0 saturated heterocycles. The van der Waals surface area contributed by atoms with Crippen molar-refractivity contribution in [3.8, 4) is 6.19 Å². The molecule has 0 aromatic rings. The standard InChI is InChI=1S/C4H4N2O3/c1-9-4(8)3(7)6-2-5/h1H3,(H,6,7). The van der Waals surface area contributed by atoms with E-state index in [9.17, 15) is 9.59 Å². The van der Waals surface area contributed by atoms with E-state index in [1.807, 2.05) is 0 Å². The van der Waals surface area contributed by atoms with Gasteiger partial charge in [-0.1, -0.05) is 0 Å². The molecule has 0 radical (unpaired) electrons. The lowest BCUT2D eigenvalue weighted by molar-refractivity contribution is -0.152. The van der Waals surface area contributed by atoms with Crippen LogP contribution in [0, 0.1) is 11.5 Å². The summed E-state index contributed by atoms with van der Waals surface area (Å²) in [6.45, 7) is 0. The largest absolute Gasteiger partial charge is 0.462 e. The number of esters is 1. The normalized spacial score (nSPS) is 7.11. The minimum absolute atomic E-state index is 1.05. The number of ether oxygens (including phenoxy) is 1.